The van der Waals surface area contributed by atoms with Crippen LogP contribution in [0, 0.1) is 5.82 Å². The van der Waals surface area contributed by atoms with E-state index in [1.807, 2.05) is 19.2 Å². The van der Waals surface area contributed by atoms with Crippen LogP contribution in [0.4, 0.5) is 21.5 Å². The molecule has 2 rings (SSSR count). The SMILES string of the molecule is CCN(C)c1c(N)ccc(OC)c1CNc1ccc(OC)c(F)c1. The molecule has 0 aliphatic heterocycles. The summed E-state index contributed by atoms with van der Waals surface area (Å²) >= 11 is 0. The lowest BCUT2D eigenvalue weighted by Gasteiger charge is -2.25. The van der Waals surface area contributed by atoms with Crippen molar-refractivity contribution in [3.05, 3.63) is 41.7 Å². The van der Waals surface area contributed by atoms with Crippen LogP contribution < -0.4 is 25.4 Å². The van der Waals surface area contributed by atoms with Crippen molar-refractivity contribution in [1.82, 2.24) is 0 Å². The molecule has 0 unspecified atom stereocenters. The van der Waals surface area contributed by atoms with Crippen molar-refractivity contribution in [2.24, 2.45) is 0 Å². The van der Waals surface area contributed by atoms with E-state index in [0.717, 1.165) is 23.5 Å². The zero-order chi connectivity index (χ0) is 17.7. The van der Waals surface area contributed by atoms with Crippen molar-refractivity contribution in [2.75, 3.05) is 43.8 Å². The van der Waals surface area contributed by atoms with E-state index in [-0.39, 0.29) is 5.75 Å². The van der Waals surface area contributed by atoms with Crippen LogP contribution in [0.1, 0.15) is 12.5 Å². The molecule has 0 aromatic heterocycles. The van der Waals surface area contributed by atoms with E-state index in [1.54, 1.807) is 19.2 Å². The summed E-state index contributed by atoms with van der Waals surface area (Å²) in [7, 11) is 5.04. The molecular weight excluding hydrogens is 309 g/mol. The molecule has 0 fully saturated rings. The second-order valence-corrected chi connectivity index (χ2v) is 5.40. The highest BCUT2D eigenvalue weighted by Crippen LogP contribution is 2.35. The fourth-order valence-electron chi connectivity index (χ4n) is 2.57. The first-order valence-electron chi connectivity index (χ1n) is 7.75. The minimum absolute atomic E-state index is 0.216. The maximum absolute atomic E-state index is 13.8. The van der Waals surface area contributed by atoms with Gasteiger partial charge in [-0.2, -0.15) is 0 Å². The molecule has 5 nitrogen and oxygen atoms in total. The van der Waals surface area contributed by atoms with Crippen molar-refractivity contribution in [2.45, 2.75) is 13.5 Å². The predicted octanol–water partition coefficient (Wildman–Crippen LogP) is 3.49. The van der Waals surface area contributed by atoms with Gasteiger partial charge < -0.3 is 25.4 Å². The van der Waals surface area contributed by atoms with Gasteiger partial charge in [0.1, 0.15) is 5.75 Å². The number of anilines is 3. The van der Waals surface area contributed by atoms with E-state index in [1.165, 1.54) is 13.2 Å². The molecule has 3 N–H and O–H groups in total. The number of nitrogens with one attached hydrogen (secondary N) is 1. The molecule has 0 bridgehead atoms. The molecule has 0 spiro atoms. The average Bonchev–Trinajstić information content (AvgIpc) is 2.59. The van der Waals surface area contributed by atoms with Crippen molar-refractivity contribution in [3.63, 3.8) is 0 Å². The molecule has 2 aromatic carbocycles. The number of hydrogen-bond donors (Lipinski definition) is 2. The highest BCUT2D eigenvalue weighted by Gasteiger charge is 2.16. The lowest BCUT2D eigenvalue weighted by atomic mass is 10.1. The Hall–Kier alpha value is -2.63. The van der Waals surface area contributed by atoms with Crippen molar-refractivity contribution >= 4 is 17.1 Å². The van der Waals surface area contributed by atoms with E-state index in [2.05, 4.69) is 17.1 Å². The zero-order valence-electron chi connectivity index (χ0n) is 14.5. The number of nitrogens with zero attached hydrogens (tertiary/aromatic N) is 1. The molecular formula is C18H24FN3O2. The fraction of sp³-hybridized carbons (Fsp3) is 0.333. The molecule has 0 aliphatic rings. The van der Waals surface area contributed by atoms with E-state index in [0.29, 0.717) is 17.9 Å². The normalized spacial score (nSPS) is 10.4. The lowest BCUT2D eigenvalue weighted by Crippen LogP contribution is -2.20. The minimum atomic E-state index is -0.409. The smallest absolute Gasteiger partial charge is 0.167 e. The minimum Gasteiger partial charge on any atom is -0.496 e. The van der Waals surface area contributed by atoms with E-state index in [9.17, 15) is 4.39 Å². The van der Waals surface area contributed by atoms with Gasteiger partial charge in [-0.3, -0.25) is 0 Å². The largest absolute Gasteiger partial charge is 0.496 e. The molecule has 0 aliphatic carbocycles. The maximum Gasteiger partial charge on any atom is 0.167 e. The van der Waals surface area contributed by atoms with Crippen LogP contribution in [0.3, 0.4) is 0 Å². The Bertz CT molecular complexity index is 707. The monoisotopic (exact) mass is 333 g/mol. The molecule has 0 radical (unpaired) electrons. The second kappa shape index (κ2) is 7.77. The molecule has 6 heteroatoms. The van der Waals surface area contributed by atoms with Gasteiger partial charge in [0, 0.05) is 37.5 Å². The quantitative estimate of drug-likeness (QED) is 0.760. The lowest BCUT2D eigenvalue weighted by molar-refractivity contribution is 0.386. The Kier molecular flexibility index (Phi) is 5.73. The van der Waals surface area contributed by atoms with Gasteiger partial charge in [-0.05, 0) is 31.2 Å². The van der Waals surface area contributed by atoms with Crippen LogP contribution in [0.15, 0.2) is 30.3 Å². The van der Waals surface area contributed by atoms with Crippen LogP contribution >= 0.6 is 0 Å². The molecule has 0 saturated heterocycles. The summed E-state index contributed by atoms with van der Waals surface area (Å²) in [5.74, 6) is 0.544. The first kappa shape index (κ1) is 17.7. The van der Waals surface area contributed by atoms with Crippen LogP contribution in [-0.4, -0.2) is 27.8 Å². The molecule has 24 heavy (non-hydrogen) atoms. The number of ether oxygens (including phenoxy) is 2. The number of hydrogen-bond acceptors (Lipinski definition) is 5. The number of benzene rings is 2. The first-order valence-corrected chi connectivity index (χ1v) is 7.75. The van der Waals surface area contributed by atoms with Gasteiger partial charge in [0.25, 0.3) is 0 Å². The predicted molar refractivity (Wildman–Crippen MR) is 96.6 cm³/mol. The Labute approximate surface area is 142 Å². The Morgan fingerprint density at radius 1 is 1.12 bits per heavy atom. The summed E-state index contributed by atoms with van der Waals surface area (Å²) in [6.45, 7) is 3.32. The molecule has 0 amide bonds. The van der Waals surface area contributed by atoms with E-state index < -0.39 is 5.82 Å². The molecule has 130 valence electrons. The van der Waals surface area contributed by atoms with Gasteiger partial charge in [0.2, 0.25) is 0 Å². The summed E-state index contributed by atoms with van der Waals surface area (Å²) in [4.78, 5) is 2.06. The first-order chi connectivity index (χ1) is 11.5. The van der Waals surface area contributed by atoms with Crippen LogP contribution in [0.2, 0.25) is 0 Å². The number of methoxy groups -OCH3 is 2. The van der Waals surface area contributed by atoms with Gasteiger partial charge >= 0.3 is 0 Å². The second-order valence-electron chi connectivity index (χ2n) is 5.40. The number of nitrogens with two attached hydrogens (primary N) is 1. The van der Waals surface area contributed by atoms with Gasteiger partial charge in [-0.15, -0.1) is 0 Å². The van der Waals surface area contributed by atoms with Crippen molar-refractivity contribution < 1.29 is 13.9 Å². The number of halogens is 1. The van der Waals surface area contributed by atoms with E-state index in [4.69, 9.17) is 15.2 Å². The Morgan fingerprint density at radius 3 is 2.38 bits per heavy atom. The fourth-order valence-corrected chi connectivity index (χ4v) is 2.57. The Balaban J connectivity index is 2.31. The van der Waals surface area contributed by atoms with Gasteiger partial charge in [0.15, 0.2) is 11.6 Å². The van der Waals surface area contributed by atoms with Gasteiger partial charge in [-0.25, -0.2) is 4.39 Å². The Morgan fingerprint density at radius 2 is 1.79 bits per heavy atom. The van der Waals surface area contributed by atoms with Crippen LogP contribution in [0.25, 0.3) is 0 Å². The summed E-state index contributed by atoms with van der Waals surface area (Å²) in [6, 6.07) is 8.43. The molecule has 0 heterocycles. The topological polar surface area (TPSA) is 59.8 Å². The summed E-state index contributed by atoms with van der Waals surface area (Å²) in [6.07, 6.45) is 0. The number of rotatable bonds is 7. The zero-order valence-corrected chi connectivity index (χ0v) is 14.5. The summed E-state index contributed by atoms with van der Waals surface area (Å²) in [5, 5.41) is 3.22. The molecule has 2 aromatic rings. The van der Waals surface area contributed by atoms with Crippen LogP contribution in [-0.2, 0) is 6.54 Å². The van der Waals surface area contributed by atoms with Gasteiger partial charge in [0.05, 0.1) is 25.6 Å². The third-order valence-electron chi connectivity index (χ3n) is 3.97. The summed E-state index contributed by atoms with van der Waals surface area (Å²) in [5.41, 5.74) is 9.33. The maximum atomic E-state index is 13.8. The standard InChI is InChI=1S/C18H24FN3O2/c1-5-22(2)18-13(16(23-3)9-7-15(18)20)11-21-12-6-8-17(24-4)14(19)10-12/h6-10,21H,5,11,20H2,1-4H3. The average molecular weight is 333 g/mol. The molecule has 0 atom stereocenters. The highest BCUT2D eigenvalue weighted by molar-refractivity contribution is 5.75. The van der Waals surface area contributed by atoms with Crippen molar-refractivity contribution in [1.29, 1.82) is 0 Å². The van der Waals surface area contributed by atoms with Gasteiger partial charge in [-0.1, -0.05) is 0 Å². The number of nitrogen functional groups attached to an aromatic ring is 1. The van der Waals surface area contributed by atoms with E-state index >= 15 is 0 Å². The molecule has 0 saturated carbocycles. The summed E-state index contributed by atoms with van der Waals surface area (Å²) < 4.78 is 24.2. The van der Waals surface area contributed by atoms with Crippen LogP contribution in [0.5, 0.6) is 11.5 Å². The third kappa shape index (κ3) is 3.64. The highest BCUT2D eigenvalue weighted by atomic mass is 19.1. The van der Waals surface area contributed by atoms with Crippen molar-refractivity contribution in [3.8, 4) is 11.5 Å². The third-order valence-corrected chi connectivity index (χ3v) is 3.97.